The molecule has 0 saturated carbocycles. The lowest BCUT2D eigenvalue weighted by molar-refractivity contribution is -0.132. The van der Waals surface area contributed by atoms with Gasteiger partial charge in [0.15, 0.2) is 0 Å². The first-order valence-electron chi connectivity index (χ1n) is 12.4. The highest BCUT2D eigenvalue weighted by molar-refractivity contribution is 6.26. The van der Waals surface area contributed by atoms with Crippen LogP contribution in [-0.4, -0.2) is 29.7 Å². The van der Waals surface area contributed by atoms with Crippen LogP contribution in [0.15, 0.2) is 72.8 Å². The Labute approximate surface area is 218 Å². The highest BCUT2D eigenvalue weighted by Crippen LogP contribution is 2.55. The summed E-state index contributed by atoms with van der Waals surface area (Å²) in [6.07, 6.45) is 0. The highest BCUT2D eigenvalue weighted by Gasteiger charge is 2.71. The number of hydrogen-bond acceptors (Lipinski definition) is 5. The van der Waals surface area contributed by atoms with Crippen LogP contribution in [0.25, 0.3) is 0 Å². The molecule has 38 heavy (non-hydrogen) atoms. The number of fused-ring (bicyclic) bond motifs is 4. The van der Waals surface area contributed by atoms with E-state index in [0.29, 0.717) is 22.6 Å². The molecule has 2 N–H and O–H groups in total. The van der Waals surface area contributed by atoms with Gasteiger partial charge in [-0.1, -0.05) is 30.3 Å². The van der Waals surface area contributed by atoms with E-state index in [9.17, 15) is 23.6 Å². The number of para-hydroxylation sites is 1. The van der Waals surface area contributed by atoms with Gasteiger partial charge in [-0.25, -0.2) is 9.29 Å². The molecule has 0 radical (unpaired) electrons. The van der Waals surface area contributed by atoms with Crippen molar-refractivity contribution in [3.63, 3.8) is 0 Å². The Bertz CT molecular complexity index is 1490. The summed E-state index contributed by atoms with van der Waals surface area (Å²) in [6.45, 7) is 3.41. The lowest BCUT2D eigenvalue weighted by Crippen LogP contribution is -2.54. The fraction of sp³-hybridized carbons (Fsp3) is 0.241. The summed E-state index contributed by atoms with van der Waals surface area (Å²) in [5.41, 5.74) is 1.56. The summed E-state index contributed by atoms with van der Waals surface area (Å²) in [7, 11) is 0. The minimum atomic E-state index is -1.40. The van der Waals surface area contributed by atoms with Gasteiger partial charge in [0.05, 0.1) is 24.1 Å². The van der Waals surface area contributed by atoms with Crippen molar-refractivity contribution in [1.29, 1.82) is 0 Å². The van der Waals surface area contributed by atoms with Crippen molar-refractivity contribution in [2.45, 2.75) is 32.0 Å². The Hall–Kier alpha value is -4.37. The van der Waals surface area contributed by atoms with E-state index in [1.54, 1.807) is 41.3 Å². The standard InChI is InChI=1S/C29H25FN4O4/c1-16-24-25(27(37)34(26(24)36)21-13-11-20(12-14-21)31-17(2)35)29(32-16)22-5-3-4-6-23(22)33(28(29)38)15-18-7-9-19(30)10-8-18/h3-14,16,24-25,32H,15H2,1-2H3,(H,31,35)/t16-,24+,25+,29+/m0/s1. The highest BCUT2D eigenvalue weighted by atomic mass is 19.1. The number of rotatable bonds is 4. The number of halogens is 1. The number of amides is 4. The summed E-state index contributed by atoms with van der Waals surface area (Å²) >= 11 is 0. The molecule has 0 aliphatic carbocycles. The van der Waals surface area contributed by atoms with Crippen LogP contribution in [0.2, 0.25) is 0 Å². The van der Waals surface area contributed by atoms with Crippen molar-refractivity contribution in [3.05, 3.63) is 89.7 Å². The van der Waals surface area contributed by atoms with Gasteiger partial charge >= 0.3 is 0 Å². The second kappa shape index (κ2) is 8.59. The molecule has 0 aromatic heterocycles. The molecule has 0 bridgehead atoms. The third-order valence-corrected chi connectivity index (χ3v) is 7.71. The predicted octanol–water partition coefficient (Wildman–Crippen LogP) is 3.32. The lowest BCUT2D eigenvalue weighted by atomic mass is 9.76. The molecule has 2 saturated heterocycles. The van der Waals surface area contributed by atoms with Gasteiger partial charge in [0.1, 0.15) is 11.4 Å². The van der Waals surface area contributed by atoms with E-state index in [0.717, 1.165) is 10.5 Å². The first-order valence-corrected chi connectivity index (χ1v) is 12.4. The Morgan fingerprint density at radius 1 is 0.974 bits per heavy atom. The molecule has 4 amide bonds. The van der Waals surface area contributed by atoms with Gasteiger partial charge < -0.3 is 10.2 Å². The van der Waals surface area contributed by atoms with E-state index in [2.05, 4.69) is 10.6 Å². The van der Waals surface area contributed by atoms with Crippen LogP contribution in [0.5, 0.6) is 0 Å². The van der Waals surface area contributed by atoms with Crippen LogP contribution < -0.4 is 20.4 Å². The second-order valence-corrected chi connectivity index (χ2v) is 10.0. The molecule has 3 aliphatic rings. The molecular weight excluding hydrogens is 487 g/mol. The second-order valence-electron chi connectivity index (χ2n) is 10.0. The number of carbonyl (C=O) groups excluding carboxylic acids is 4. The largest absolute Gasteiger partial charge is 0.326 e. The van der Waals surface area contributed by atoms with E-state index in [-0.39, 0.29) is 30.1 Å². The van der Waals surface area contributed by atoms with Gasteiger partial charge in [0, 0.05) is 29.9 Å². The molecule has 6 rings (SSSR count). The van der Waals surface area contributed by atoms with E-state index in [1.165, 1.54) is 19.1 Å². The number of nitrogens with zero attached hydrogens (tertiary/aromatic N) is 2. The Kier molecular flexibility index (Phi) is 5.43. The van der Waals surface area contributed by atoms with Gasteiger partial charge in [-0.2, -0.15) is 0 Å². The third-order valence-electron chi connectivity index (χ3n) is 7.71. The number of anilines is 3. The minimum absolute atomic E-state index is 0.196. The van der Waals surface area contributed by atoms with Crippen molar-refractivity contribution >= 4 is 40.7 Å². The summed E-state index contributed by atoms with van der Waals surface area (Å²) < 4.78 is 13.5. The van der Waals surface area contributed by atoms with E-state index < -0.39 is 29.3 Å². The van der Waals surface area contributed by atoms with Crippen LogP contribution in [0.1, 0.15) is 25.0 Å². The lowest BCUT2D eigenvalue weighted by Gasteiger charge is -2.30. The fourth-order valence-corrected chi connectivity index (χ4v) is 6.19. The zero-order valence-electron chi connectivity index (χ0n) is 20.8. The maximum absolute atomic E-state index is 14.3. The van der Waals surface area contributed by atoms with Crippen molar-refractivity contribution in [2.75, 3.05) is 15.1 Å². The topological polar surface area (TPSA) is 98.8 Å². The molecule has 3 aliphatic heterocycles. The van der Waals surface area contributed by atoms with E-state index >= 15 is 0 Å². The molecule has 3 aromatic carbocycles. The minimum Gasteiger partial charge on any atom is -0.326 e. The number of carbonyl (C=O) groups is 4. The molecule has 0 unspecified atom stereocenters. The van der Waals surface area contributed by atoms with E-state index in [4.69, 9.17) is 0 Å². The van der Waals surface area contributed by atoms with Crippen molar-refractivity contribution in [2.24, 2.45) is 11.8 Å². The number of hydrogen-bond donors (Lipinski definition) is 2. The van der Waals surface area contributed by atoms with Gasteiger partial charge in [-0.15, -0.1) is 0 Å². The smallest absolute Gasteiger partial charge is 0.253 e. The van der Waals surface area contributed by atoms with E-state index in [1.807, 2.05) is 31.2 Å². The molecule has 192 valence electrons. The van der Waals surface area contributed by atoms with Crippen molar-refractivity contribution in [3.8, 4) is 0 Å². The monoisotopic (exact) mass is 512 g/mol. The van der Waals surface area contributed by atoms with Gasteiger partial charge in [-0.3, -0.25) is 24.5 Å². The Balaban J connectivity index is 1.40. The summed E-state index contributed by atoms with van der Waals surface area (Å²) in [6, 6.07) is 19.3. The SMILES string of the molecule is CC(=O)Nc1ccc(N2C(=O)[C@@H]3[C@H](C)N[C@@]4(C(=O)N(Cc5ccc(F)cc5)c5ccccc54)[C@H]3C2=O)cc1. The maximum atomic E-state index is 14.3. The molecule has 2 fully saturated rings. The van der Waals surface area contributed by atoms with Crippen molar-refractivity contribution in [1.82, 2.24) is 5.32 Å². The third kappa shape index (κ3) is 3.39. The Morgan fingerprint density at radius 2 is 1.66 bits per heavy atom. The average molecular weight is 513 g/mol. The predicted molar refractivity (Wildman–Crippen MR) is 139 cm³/mol. The number of imide groups is 1. The maximum Gasteiger partial charge on any atom is 0.253 e. The van der Waals surface area contributed by atoms with Gasteiger partial charge in [-0.05, 0) is 55.0 Å². The molecule has 3 aromatic rings. The van der Waals surface area contributed by atoms with Crippen LogP contribution in [0.3, 0.4) is 0 Å². The van der Waals surface area contributed by atoms with Crippen molar-refractivity contribution < 1.29 is 23.6 Å². The summed E-state index contributed by atoms with van der Waals surface area (Å²) in [5, 5.41) is 6.03. The van der Waals surface area contributed by atoms with Crippen LogP contribution in [0.4, 0.5) is 21.5 Å². The molecule has 4 atom stereocenters. The van der Waals surface area contributed by atoms with Gasteiger partial charge in [0.2, 0.25) is 17.7 Å². The fourth-order valence-electron chi connectivity index (χ4n) is 6.19. The molecule has 3 heterocycles. The molecular formula is C29H25FN4O4. The summed E-state index contributed by atoms with van der Waals surface area (Å²) in [4.78, 5) is 56.1. The van der Waals surface area contributed by atoms with Crippen LogP contribution in [-0.2, 0) is 31.3 Å². The molecule has 9 heteroatoms. The number of nitrogens with one attached hydrogen (secondary N) is 2. The zero-order chi connectivity index (χ0) is 26.8. The molecule has 8 nitrogen and oxygen atoms in total. The number of benzene rings is 3. The molecule has 1 spiro atoms. The normalized spacial score (nSPS) is 25.8. The van der Waals surface area contributed by atoms with Gasteiger partial charge in [0.25, 0.3) is 5.91 Å². The quantitative estimate of drug-likeness (QED) is 0.523. The first kappa shape index (κ1) is 24.0. The van der Waals surface area contributed by atoms with Crippen LogP contribution >= 0.6 is 0 Å². The Morgan fingerprint density at radius 3 is 2.34 bits per heavy atom. The average Bonchev–Trinajstić information content (AvgIpc) is 3.44. The first-order chi connectivity index (χ1) is 18.2. The van der Waals surface area contributed by atoms with Crippen LogP contribution in [0, 0.1) is 17.7 Å². The zero-order valence-corrected chi connectivity index (χ0v) is 20.8. The summed E-state index contributed by atoms with van der Waals surface area (Å²) in [5.74, 6) is -3.40.